The van der Waals surface area contributed by atoms with Gasteiger partial charge in [-0.25, -0.2) is 0 Å². The topological polar surface area (TPSA) is 29.1 Å². The molecule has 1 amide bonds. The summed E-state index contributed by atoms with van der Waals surface area (Å²) in [5.74, 6) is -0.239. The van der Waals surface area contributed by atoms with Gasteiger partial charge < -0.3 is 5.32 Å². The molecule has 1 N–H and O–H groups in total. The van der Waals surface area contributed by atoms with E-state index in [0.717, 1.165) is 24.1 Å². The molecule has 0 spiro atoms. The molecule has 2 aromatic rings. The number of hydrogen-bond acceptors (Lipinski definition) is 1. The Morgan fingerprint density at radius 1 is 1.05 bits per heavy atom. The fourth-order valence-corrected chi connectivity index (χ4v) is 2.56. The lowest BCUT2D eigenvalue weighted by atomic mass is 10.1. The first-order chi connectivity index (χ1) is 10.4. The number of carbonyl (C=O) groups excluding carboxylic acids is 1. The maximum atomic E-state index is 12.6. The Kier molecular flexibility index (Phi) is 3.64. The number of nitrogens with one attached hydrogen (secondary N) is 1. The average molecular weight is 305 g/mol. The van der Waals surface area contributed by atoms with Crippen molar-refractivity contribution in [3.8, 4) is 0 Å². The Bertz CT molecular complexity index is 682. The fourth-order valence-electron chi connectivity index (χ4n) is 2.56. The maximum Gasteiger partial charge on any atom is 0.416 e. The quantitative estimate of drug-likeness (QED) is 0.892. The Labute approximate surface area is 126 Å². The normalized spacial score (nSPS) is 20.5. The van der Waals surface area contributed by atoms with Gasteiger partial charge in [-0.15, -0.1) is 0 Å². The third-order valence-electron chi connectivity index (χ3n) is 3.81. The van der Waals surface area contributed by atoms with Crippen molar-refractivity contribution in [3.63, 3.8) is 0 Å². The van der Waals surface area contributed by atoms with Crippen molar-refractivity contribution in [2.75, 3.05) is 5.32 Å². The molecule has 0 aromatic heterocycles. The van der Waals surface area contributed by atoms with Crippen LogP contribution in [-0.4, -0.2) is 5.91 Å². The molecule has 1 fully saturated rings. The minimum absolute atomic E-state index is 0.159. The highest BCUT2D eigenvalue weighted by molar-refractivity contribution is 5.95. The molecule has 22 heavy (non-hydrogen) atoms. The minimum Gasteiger partial charge on any atom is -0.326 e. The molecule has 0 saturated heterocycles. The van der Waals surface area contributed by atoms with Crippen molar-refractivity contribution in [1.82, 2.24) is 0 Å². The van der Waals surface area contributed by atoms with Crippen LogP contribution in [0.3, 0.4) is 0 Å². The van der Waals surface area contributed by atoms with E-state index in [0.29, 0.717) is 0 Å². The zero-order chi connectivity index (χ0) is 15.7. The second-order valence-electron chi connectivity index (χ2n) is 5.43. The van der Waals surface area contributed by atoms with Gasteiger partial charge in [0.15, 0.2) is 0 Å². The molecule has 0 radical (unpaired) electrons. The number of alkyl halides is 3. The second kappa shape index (κ2) is 5.48. The van der Waals surface area contributed by atoms with Crippen molar-refractivity contribution in [2.24, 2.45) is 5.92 Å². The van der Waals surface area contributed by atoms with E-state index in [1.54, 1.807) is 0 Å². The van der Waals surface area contributed by atoms with E-state index >= 15 is 0 Å². The van der Waals surface area contributed by atoms with E-state index in [1.165, 1.54) is 12.1 Å². The molecule has 2 unspecified atom stereocenters. The van der Waals surface area contributed by atoms with Crippen LogP contribution in [0, 0.1) is 5.92 Å². The predicted octanol–water partition coefficient (Wildman–Crippen LogP) is 4.45. The van der Waals surface area contributed by atoms with Crippen molar-refractivity contribution in [3.05, 3.63) is 65.7 Å². The van der Waals surface area contributed by atoms with Crippen molar-refractivity contribution >= 4 is 11.6 Å². The van der Waals surface area contributed by atoms with Crippen molar-refractivity contribution in [2.45, 2.75) is 18.5 Å². The predicted molar refractivity (Wildman–Crippen MR) is 77.4 cm³/mol. The number of amides is 1. The average Bonchev–Trinajstić information content (AvgIpc) is 3.28. The van der Waals surface area contributed by atoms with Crippen LogP contribution in [0.15, 0.2) is 54.6 Å². The standard InChI is InChI=1S/C17H14F3NO/c18-17(19,20)12-7-4-8-13(9-12)21-16(22)15-10-14(15)11-5-2-1-3-6-11/h1-9,14-15H,10H2,(H,21,22). The van der Waals surface area contributed by atoms with Gasteiger partial charge in [-0.05, 0) is 36.1 Å². The van der Waals surface area contributed by atoms with E-state index in [1.807, 2.05) is 30.3 Å². The van der Waals surface area contributed by atoms with Gasteiger partial charge in [0.25, 0.3) is 0 Å². The van der Waals surface area contributed by atoms with Gasteiger partial charge >= 0.3 is 6.18 Å². The minimum atomic E-state index is -4.41. The Hall–Kier alpha value is -2.30. The molecule has 1 aliphatic rings. The molecule has 114 valence electrons. The van der Waals surface area contributed by atoms with E-state index in [2.05, 4.69) is 5.32 Å². The van der Waals surface area contributed by atoms with Crippen LogP contribution < -0.4 is 5.32 Å². The van der Waals surface area contributed by atoms with Gasteiger partial charge in [0.05, 0.1) is 5.56 Å². The summed E-state index contributed by atoms with van der Waals surface area (Å²) in [7, 11) is 0. The van der Waals surface area contributed by atoms with Crippen LogP contribution in [0.2, 0.25) is 0 Å². The van der Waals surface area contributed by atoms with Crippen LogP contribution in [0.1, 0.15) is 23.5 Å². The third-order valence-corrected chi connectivity index (χ3v) is 3.81. The van der Waals surface area contributed by atoms with Gasteiger partial charge in [-0.2, -0.15) is 13.2 Å². The number of rotatable bonds is 3. The SMILES string of the molecule is O=C(Nc1cccc(C(F)(F)F)c1)C1CC1c1ccccc1. The lowest BCUT2D eigenvalue weighted by Crippen LogP contribution is -2.15. The summed E-state index contributed by atoms with van der Waals surface area (Å²) >= 11 is 0. The first-order valence-corrected chi connectivity index (χ1v) is 6.98. The molecule has 0 heterocycles. The Morgan fingerprint density at radius 3 is 2.45 bits per heavy atom. The highest BCUT2D eigenvalue weighted by atomic mass is 19.4. The Balaban J connectivity index is 1.66. The number of anilines is 1. The van der Waals surface area contributed by atoms with E-state index in [-0.39, 0.29) is 23.4 Å². The monoisotopic (exact) mass is 305 g/mol. The molecule has 0 aliphatic heterocycles. The van der Waals surface area contributed by atoms with Crippen LogP contribution in [0.5, 0.6) is 0 Å². The smallest absolute Gasteiger partial charge is 0.326 e. The largest absolute Gasteiger partial charge is 0.416 e. The van der Waals surface area contributed by atoms with E-state index in [4.69, 9.17) is 0 Å². The van der Waals surface area contributed by atoms with Crippen LogP contribution in [0.4, 0.5) is 18.9 Å². The first kappa shape index (κ1) is 14.6. The summed E-state index contributed by atoms with van der Waals surface area (Å²) in [6, 6.07) is 14.4. The maximum absolute atomic E-state index is 12.6. The van der Waals surface area contributed by atoms with Gasteiger partial charge in [-0.1, -0.05) is 36.4 Å². The van der Waals surface area contributed by atoms with Crippen LogP contribution in [0.25, 0.3) is 0 Å². The molecular formula is C17H14F3NO. The summed E-state index contributed by atoms with van der Waals surface area (Å²) in [4.78, 5) is 12.1. The zero-order valence-corrected chi connectivity index (χ0v) is 11.6. The van der Waals surface area contributed by atoms with Crippen LogP contribution in [-0.2, 0) is 11.0 Å². The third kappa shape index (κ3) is 3.13. The number of benzene rings is 2. The molecule has 0 bridgehead atoms. The second-order valence-corrected chi connectivity index (χ2v) is 5.43. The van der Waals surface area contributed by atoms with Crippen molar-refractivity contribution in [1.29, 1.82) is 0 Å². The Morgan fingerprint density at radius 2 is 1.77 bits per heavy atom. The highest BCUT2D eigenvalue weighted by Gasteiger charge is 2.43. The molecule has 2 atom stereocenters. The summed E-state index contributed by atoms with van der Waals surface area (Å²) in [6.45, 7) is 0. The van der Waals surface area contributed by atoms with Crippen molar-refractivity contribution < 1.29 is 18.0 Å². The first-order valence-electron chi connectivity index (χ1n) is 6.98. The fraction of sp³-hybridized carbons (Fsp3) is 0.235. The van der Waals surface area contributed by atoms with Gasteiger partial charge in [0.2, 0.25) is 5.91 Å². The lowest BCUT2D eigenvalue weighted by molar-refractivity contribution is -0.137. The highest BCUT2D eigenvalue weighted by Crippen LogP contribution is 2.47. The van der Waals surface area contributed by atoms with Gasteiger partial charge in [0.1, 0.15) is 0 Å². The summed E-state index contributed by atoms with van der Waals surface area (Å²) in [6.07, 6.45) is -3.68. The molecule has 2 nitrogen and oxygen atoms in total. The summed E-state index contributed by atoms with van der Waals surface area (Å²) < 4.78 is 37.9. The molecule has 1 aliphatic carbocycles. The molecule has 5 heteroatoms. The lowest BCUT2D eigenvalue weighted by Gasteiger charge is -2.10. The number of hydrogen-bond donors (Lipinski definition) is 1. The molecular weight excluding hydrogens is 291 g/mol. The summed E-state index contributed by atoms with van der Waals surface area (Å²) in [5.41, 5.74) is 0.505. The molecule has 2 aromatic carbocycles. The van der Waals surface area contributed by atoms with E-state index < -0.39 is 11.7 Å². The van der Waals surface area contributed by atoms with Gasteiger partial charge in [-0.3, -0.25) is 4.79 Å². The number of halogens is 3. The van der Waals surface area contributed by atoms with E-state index in [9.17, 15) is 18.0 Å². The van der Waals surface area contributed by atoms with Gasteiger partial charge in [0, 0.05) is 11.6 Å². The molecule has 3 rings (SSSR count). The number of carbonyl (C=O) groups is 1. The van der Waals surface area contributed by atoms with Crippen LogP contribution >= 0.6 is 0 Å². The molecule has 1 saturated carbocycles. The summed E-state index contributed by atoms with van der Waals surface area (Å²) in [5, 5.41) is 2.58. The zero-order valence-electron chi connectivity index (χ0n) is 11.6.